The van der Waals surface area contributed by atoms with Crippen molar-refractivity contribution in [3.63, 3.8) is 0 Å². The van der Waals surface area contributed by atoms with E-state index in [-0.39, 0.29) is 12.1 Å². The highest BCUT2D eigenvalue weighted by atomic mass is 16.5. The summed E-state index contributed by atoms with van der Waals surface area (Å²) in [5, 5.41) is 8.54. The molecule has 142 valence electrons. The quantitative estimate of drug-likeness (QED) is 0.265. The first-order valence-corrected chi connectivity index (χ1v) is 10.0. The predicted molar refractivity (Wildman–Crippen MR) is 98.1 cm³/mol. The summed E-state index contributed by atoms with van der Waals surface area (Å²) in [7, 11) is 0. The summed E-state index contributed by atoms with van der Waals surface area (Å²) in [5.41, 5.74) is 0. The van der Waals surface area contributed by atoms with Crippen LogP contribution in [-0.2, 0) is 14.3 Å². The summed E-state index contributed by atoms with van der Waals surface area (Å²) in [5.74, 6) is -0.732. The Bertz CT molecular complexity index is 315. The third-order valence-corrected chi connectivity index (χ3v) is 4.40. The van der Waals surface area contributed by atoms with Gasteiger partial charge in [0.05, 0.1) is 0 Å². The van der Waals surface area contributed by atoms with Crippen LogP contribution in [0.1, 0.15) is 110 Å². The Labute approximate surface area is 148 Å². The Morgan fingerprint density at radius 2 is 1.33 bits per heavy atom. The van der Waals surface area contributed by atoms with Crippen molar-refractivity contribution in [2.24, 2.45) is 0 Å². The van der Waals surface area contributed by atoms with E-state index in [1.807, 2.05) is 0 Å². The fourth-order valence-electron chi connectivity index (χ4n) is 2.82. The first-order valence-electron chi connectivity index (χ1n) is 10.0. The molecule has 4 heteroatoms. The van der Waals surface area contributed by atoms with E-state index >= 15 is 0 Å². The van der Waals surface area contributed by atoms with Gasteiger partial charge in [0.2, 0.25) is 0 Å². The molecule has 0 aliphatic heterocycles. The van der Waals surface area contributed by atoms with E-state index in [4.69, 9.17) is 9.84 Å². The summed E-state index contributed by atoms with van der Waals surface area (Å²) in [4.78, 5) is 22.2. The van der Waals surface area contributed by atoms with Crippen LogP contribution in [-0.4, -0.2) is 23.1 Å². The van der Waals surface area contributed by atoms with Crippen LogP contribution in [0.5, 0.6) is 0 Å². The van der Waals surface area contributed by atoms with Gasteiger partial charge in [0.25, 0.3) is 0 Å². The molecule has 0 aromatic carbocycles. The monoisotopic (exact) mass is 342 g/mol. The van der Waals surface area contributed by atoms with Gasteiger partial charge >= 0.3 is 11.9 Å². The minimum absolute atomic E-state index is 0.0352. The van der Waals surface area contributed by atoms with Crippen LogP contribution < -0.4 is 0 Å². The third-order valence-electron chi connectivity index (χ3n) is 4.40. The number of esters is 1. The minimum atomic E-state index is -0.697. The highest BCUT2D eigenvalue weighted by Crippen LogP contribution is 2.14. The Kier molecular flexibility index (Phi) is 16.0. The molecular formula is C20H38O4. The molecule has 0 saturated carbocycles. The lowest BCUT2D eigenvalue weighted by Crippen LogP contribution is -2.17. The molecule has 0 aliphatic carbocycles. The van der Waals surface area contributed by atoms with Crippen molar-refractivity contribution in [1.82, 2.24) is 0 Å². The first-order chi connectivity index (χ1) is 11.6. The Morgan fingerprint density at radius 3 is 1.83 bits per heavy atom. The van der Waals surface area contributed by atoms with Crippen molar-refractivity contribution in [2.45, 2.75) is 116 Å². The number of hydrogen-bond acceptors (Lipinski definition) is 3. The van der Waals surface area contributed by atoms with E-state index in [0.29, 0.717) is 12.8 Å². The molecule has 0 aromatic heterocycles. The van der Waals surface area contributed by atoms with Gasteiger partial charge in [-0.25, -0.2) is 0 Å². The molecule has 0 amide bonds. The summed E-state index contributed by atoms with van der Waals surface area (Å²) in [6.07, 6.45) is 14.8. The van der Waals surface area contributed by atoms with Crippen LogP contribution in [0.4, 0.5) is 0 Å². The smallest absolute Gasteiger partial charge is 0.306 e. The fraction of sp³-hybridized carbons (Fsp3) is 0.900. The van der Waals surface area contributed by atoms with E-state index in [2.05, 4.69) is 13.8 Å². The number of unbranched alkanes of at least 4 members (excludes halogenated alkanes) is 9. The Hall–Kier alpha value is -1.06. The maximum Gasteiger partial charge on any atom is 0.306 e. The lowest BCUT2D eigenvalue weighted by Gasteiger charge is -2.16. The first kappa shape index (κ1) is 22.9. The summed E-state index contributed by atoms with van der Waals surface area (Å²) in [6.45, 7) is 4.27. The van der Waals surface area contributed by atoms with Crippen LogP contribution in [0, 0.1) is 0 Å². The minimum Gasteiger partial charge on any atom is -0.481 e. The highest BCUT2D eigenvalue weighted by Gasteiger charge is 2.11. The van der Waals surface area contributed by atoms with E-state index in [9.17, 15) is 9.59 Å². The molecule has 0 radical (unpaired) electrons. The van der Waals surface area contributed by atoms with Crippen molar-refractivity contribution in [3.05, 3.63) is 0 Å². The van der Waals surface area contributed by atoms with E-state index < -0.39 is 5.97 Å². The fourth-order valence-corrected chi connectivity index (χ4v) is 2.82. The zero-order valence-electron chi connectivity index (χ0n) is 15.9. The molecule has 1 N–H and O–H groups in total. The van der Waals surface area contributed by atoms with Crippen molar-refractivity contribution in [1.29, 1.82) is 0 Å². The molecule has 24 heavy (non-hydrogen) atoms. The van der Waals surface area contributed by atoms with E-state index in [1.54, 1.807) is 0 Å². The van der Waals surface area contributed by atoms with Gasteiger partial charge in [-0.3, -0.25) is 9.59 Å². The van der Waals surface area contributed by atoms with Gasteiger partial charge in [0, 0.05) is 12.8 Å². The van der Waals surface area contributed by atoms with Crippen molar-refractivity contribution in [2.75, 3.05) is 0 Å². The molecule has 0 heterocycles. The topological polar surface area (TPSA) is 63.6 Å². The number of aliphatic carboxylic acids is 1. The molecule has 0 aliphatic rings. The molecule has 1 atom stereocenters. The maximum absolute atomic E-state index is 11.8. The molecule has 1 unspecified atom stereocenters. The number of carboxylic acid groups (broad SMARTS) is 1. The van der Waals surface area contributed by atoms with Crippen LogP contribution in [0.3, 0.4) is 0 Å². The maximum atomic E-state index is 11.8. The Morgan fingerprint density at radius 1 is 0.792 bits per heavy atom. The standard InChI is InChI=1S/C20H38O4/c1-3-5-12-15-18(4-2)24-20(23)17-14-11-9-7-6-8-10-13-16-19(21)22/h18H,3-17H2,1-2H3,(H,21,22). The number of ether oxygens (including phenoxy) is 1. The number of carbonyl (C=O) groups is 2. The van der Waals surface area contributed by atoms with E-state index in [1.165, 1.54) is 25.7 Å². The van der Waals surface area contributed by atoms with E-state index in [0.717, 1.165) is 57.8 Å². The lowest BCUT2D eigenvalue weighted by molar-refractivity contribution is -0.149. The molecule has 0 rings (SSSR count). The number of carbonyl (C=O) groups excluding carboxylic acids is 1. The van der Waals surface area contributed by atoms with Gasteiger partial charge in [-0.2, -0.15) is 0 Å². The summed E-state index contributed by atoms with van der Waals surface area (Å²) in [6, 6.07) is 0. The van der Waals surface area contributed by atoms with Gasteiger partial charge < -0.3 is 9.84 Å². The average molecular weight is 343 g/mol. The second-order valence-electron chi connectivity index (χ2n) is 6.74. The number of carboxylic acids is 1. The molecule has 0 saturated heterocycles. The molecule has 4 nitrogen and oxygen atoms in total. The van der Waals surface area contributed by atoms with Gasteiger partial charge in [-0.1, -0.05) is 65.2 Å². The Balaban J connectivity index is 3.43. The summed E-state index contributed by atoms with van der Waals surface area (Å²) >= 11 is 0. The second-order valence-corrected chi connectivity index (χ2v) is 6.74. The zero-order chi connectivity index (χ0) is 18.0. The lowest BCUT2D eigenvalue weighted by atomic mass is 10.1. The van der Waals surface area contributed by atoms with Gasteiger partial charge in [-0.05, 0) is 32.1 Å². The van der Waals surface area contributed by atoms with Gasteiger partial charge in [0.15, 0.2) is 0 Å². The zero-order valence-corrected chi connectivity index (χ0v) is 15.9. The number of rotatable bonds is 17. The molecular weight excluding hydrogens is 304 g/mol. The SMILES string of the molecule is CCCCCC(CC)OC(=O)CCCCCCCCCCC(=O)O. The second kappa shape index (κ2) is 16.8. The van der Waals surface area contributed by atoms with Crippen LogP contribution in [0.25, 0.3) is 0 Å². The largest absolute Gasteiger partial charge is 0.481 e. The van der Waals surface area contributed by atoms with Crippen molar-refractivity contribution in [3.8, 4) is 0 Å². The van der Waals surface area contributed by atoms with Gasteiger partial charge in [-0.15, -0.1) is 0 Å². The van der Waals surface area contributed by atoms with Crippen molar-refractivity contribution < 1.29 is 19.4 Å². The molecule has 0 bridgehead atoms. The number of hydrogen-bond donors (Lipinski definition) is 1. The van der Waals surface area contributed by atoms with Crippen LogP contribution in [0.15, 0.2) is 0 Å². The highest BCUT2D eigenvalue weighted by molar-refractivity contribution is 5.69. The van der Waals surface area contributed by atoms with Crippen molar-refractivity contribution >= 4 is 11.9 Å². The normalized spacial score (nSPS) is 12.1. The molecule has 0 fully saturated rings. The third kappa shape index (κ3) is 15.8. The predicted octanol–water partition coefficient (Wildman–Crippen LogP) is 5.87. The van der Waals surface area contributed by atoms with Crippen LogP contribution in [0.2, 0.25) is 0 Å². The molecule has 0 spiro atoms. The van der Waals surface area contributed by atoms with Crippen LogP contribution >= 0.6 is 0 Å². The van der Waals surface area contributed by atoms with Gasteiger partial charge in [0.1, 0.15) is 6.10 Å². The molecule has 0 aromatic rings. The average Bonchev–Trinajstić information content (AvgIpc) is 2.55. The summed E-state index contributed by atoms with van der Waals surface area (Å²) < 4.78 is 5.55.